The SMILES string of the molecule is COC(=O)c1ccc(COc2ccc([C@H](C)O)cc2)nc1. The maximum absolute atomic E-state index is 11.3. The van der Waals surface area contributed by atoms with Crippen LogP contribution in [0.2, 0.25) is 0 Å². The lowest BCUT2D eigenvalue weighted by atomic mass is 10.1. The largest absolute Gasteiger partial charge is 0.487 e. The van der Waals surface area contributed by atoms with E-state index in [4.69, 9.17) is 4.74 Å². The van der Waals surface area contributed by atoms with Gasteiger partial charge in [0, 0.05) is 6.20 Å². The second kappa shape index (κ2) is 6.85. The maximum Gasteiger partial charge on any atom is 0.339 e. The molecule has 0 unspecified atom stereocenters. The number of ether oxygens (including phenoxy) is 2. The smallest absolute Gasteiger partial charge is 0.339 e. The molecule has 5 nitrogen and oxygen atoms in total. The van der Waals surface area contributed by atoms with E-state index in [9.17, 15) is 9.90 Å². The maximum atomic E-state index is 11.3. The van der Waals surface area contributed by atoms with E-state index >= 15 is 0 Å². The highest BCUT2D eigenvalue weighted by molar-refractivity contribution is 5.88. The van der Waals surface area contributed by atoms with Crippen molar-refractivity contribution in [2.24, 2.45) is 0 Å². The van der Waals surface area contributed by atoms with Gasteiger partial charge in [0.25, 0.3) is 0 Å². The first-order chi connectivity index (χ1) is 10.1. The minimum atomic E-state index is -0.494. The normalized spacial score (nSPS) is 11.8. The fourth-order valence-electron chi connectivity index (χ4n) is 1.75. The average Bonchev–Trinajstić information content (AvgIpc) is 2.53. The Bertz CT molecular complexity index is 591. The van der Waals surface area contributed by atoms with Crippen LogP contribution in [0, 0.1) is 0 Å². The van der Waals surface area contributed by atoms with Crippen LogP contribution in [0.1, 0.15) is 34.6 Å². The zero-order valence-corrected chi connectivity index (χ0v) is 11.9. The van der Waals surface area contributed by atoms with Crippen LogP contribution in [0.15, 0.2) is 42.6 Å². The van der Waals surface area contributed by atoms with Crippen molar-refractivity contribution in [3.05, 3.63) is 59.4 Å². The molecule has 0 aliphatic heterocycles. The first kappa shape index (κ1) is 15.0. The number of methoxy groups -OCH3 is 1. The number of hydrogen-bond acceptors (Lipinski definition) is 5. The molecule has 1 heterocycles. The molecule has 1 atom stereocenters. The number of carbonyl (C=O) groups is 1. The molecule has 21 heavy (non-hydrogen) atoms. The van der Waals surface area contributed by atoms with Gasteiger partial charge in [0.15, 0.2) is 0 Å². The third-order valence-corrected chi connectivity index (χ3v) is 3.00. The topological polar surface area (TPSA) is 68.7 Å². The molecule has 0 amide bonds. The van der Waals surface area contributed by atoms with Gasteiger partial charge in [0.2, 0.25) is 0 Å². The molecule has 5 heteroatoms. The van der Waals surface area contributed by atoms with Crippen molar-refractivity contribution in [2.45, 2.75) is 19.6 Å². The van der Waals surface area contributed by atoms with Crippen LogP contribution in [0.5, 0.6) is 5.75 Å². The molecular formula is C16H17NO4. The molecule has 2 rings (SSSR count). The van der Waals surface area contributed by atoms with E-state index in [0.29, 0.717) is 23.6 Å². The molecule has 0 radical (unpaired) electrons. The second-order valence-electron chi connectivity index (χ2n) is 4.56. The number of hydrogen-bond donors (Lipinski definition) is 1. The van der Waals surface area contributed by atoms with Crippen molar-refractivity contribution < 1.29 is 19.4 Å². The van der Waals surface area contributed by atoms with E-state index in [1.54, 1.807) is 31.2 Å². The number of carbonyl (C=O) groups excluding carboxylic acids is 1. The van der Waals surface area contributed by atoms with Gasteiger partial charge in [-0.05, 0) is 36.8 Å². The molecule has 0 aliphatic rings. The van der Waals surface area contributed by atoms with Crippen molar-refractivity contribution in [3.63, 3.8) is 0 Å². The molecule has 0 saturated heterocycles. The van der Waals surface area contributed by atoms with Crippen LogP contribution < -0.4 is 4.74 Å². The van der Waals surface area contributed by atoms with Gasteiger partial charge < -0.3 is 14.6 Å². The number of aromatic nitrogens is 1. The van der Waals surface area contributed by atoms with E-state index in [2.05, 4.69) is 9.72 Å². The molecule has 0 bridgehead atoms. The predicted octanol–water partition coefficient (Wildman–Crippen LogP) is 2.50. The van der Waals surface area contributed by atoms with Crippen LogP contribution in [0.25, 0.3) is 0 Å². The fraction of sp³-hybridized carbons (Fsp3) is 0.250. The summed E-state index contributed by atoms with van der Waals surface area (Å²) in [4.78, 5) is 15.4. The minimum absolute atomic E-state index is 0.301. The number of aliphatic hydroxyl groups excluding tert-OH is 1. The van der Waals surface area contributed by atoms with Gasteiger partial charge >= 0.3 is 5.97 Å². The average molecular weight is 287 g/mol. The van der Waals surface area contributed by atoms with Crippen LogP contribution in [0.4, 0.5) is 0 Å². The molecule has 110 valence electrons. The van der Waals surface area contributed by atoms with E-state index in [-0.39, 0.29) is 0 Å². The van der Waals surface area contributed by atoms with Gasteiger partial charge in [-0.1, -0.05) is 12.1 Å². The summed E-state index contributed by atoms with van der Waals surface area (Å²) in [5, 5.41) is 9.43. The second-order valence-corrected chi connectivity index (χ2v) is 4.56. The summed E-state index contributed by atoms with van der Waals surface area (Å²) in [6.07, 6.45) is 0.965. The zero-order valence-electron chi connectivity index (χ0n) is 11.9. The molecular weight excluding hydrogens is 270 g/mol. The number of esters is 1. The predicted molar refractivity (Wildman–Crippen MR) is 77.0 cm³/mol. The van der Waals surface area contributed by atoms with E-state index in [1.807, 2.05) is 12.1 Å². The number of benzene rings is 1. The third-order valence-electron chi connectivity index (χ3n) is 3.00. The third kappa shape index (κ3) is 4.03. The Hall–Kier alpha value is -2.40. The molecule has 1 N–H and O–H groups in total. The highest BCUT2D eigenvalue weighted by atomic mass is 16.5. The van der Waals surface area contributed by atoms with Gasteiger partial charge in [-0.15, -0.1) is 0 Å². The summed E-state index contributed by atoms with van der Waals surface area (Å²) in [6.45, 7) is 2.01. The molecule has 0 saturated carbocycles. The van der Waals surface area contributed by atoms with Crippen molar-refractivity contribution in [1.82, 2.24) is 4.98 Å². The number of aliphatic hydroxyl groups is 1. The van der Waals surface area contributed by atoms with Gasteiger partial charge in [-0.2, -0.15) is 0 Å². The van der Waals surface area contributed by atoms with Gasteiger partial charge in [0.1, 0.15) is 12.4 Å². The van der Waals surface area contributed by atoms with Crippen LogP contribution in [-0.4, -0.2) is 23.2 Å². The van der Waals surface area contributed by atoms with E-state index in [1.165, 1.54) is 13.3 Å². The minimum Gasteiger partial charge on any atom is -0.487 e. The Morgan fingerprint density at radius 3 is 2.48 bits per heavy atom. The number of nitrogens with zero attached hydrogens (tertiary/aromatic N) is 1. The lowest BCUT2D eigenvalue weighted by Crippen LogP contribution is -2.04. The Balaban J connectivity index is 1.95. The molecule has 1 aromatic heterocycles. The number of pyridine rings is 1. The fourth-order valence-corrected chi connectivity index (χ4v) is 1.75. The van der Waals surface area contributed by atoms with Gasteiger partial charge in [0.05, 0.1) is 24.5 Å². The Morgan fingerprint density at radius 2 is 1.95 bits per heavy atom. The summed E-state index contributed by atoms with van der Waals surface area (Å²) in [6, 6.07) is 10.6. The van der Waals surface area contributed by atoms with Crippen LogP contribution in [0.3, 0.4) is 0 Å². The highest BCUT2D eigenvalue weighted by Gasteiger charge is 2.06. The molecule has 1 aromatic carbocycles. The van der Waals surface area contributed by atoms with Crippen molar-refractivity contribution in [2.75, 3.05) is 7.11 Å². The first-order valence-electron chi connectivity index (χ1n) is 6.54. The molecule has 0 spiro atoms. The van der Waals surface area contributed by atoms with Crippen molar-refractivity contribution in [1.29, 1.82) is 0 Å². The summed E-state index contributed by atoms with van der Waals surface area (Å²) >= 11 is 0. The van der Waals surface area contributed by atoms with E-state index < -0.39 is 12.1 Å². The first-order valence-corrected chi connectivity index (χ1v) is 6.54. The Labute approximate surface area is 123 Å². The van der Waals surface area contributed by atoms with Gasteiger partial charge in [-0.3, -0.25) is 4.98 Å². The summed E-state index contributed by atoms with van der Waals surface area (Å²) in [5.41, 5.74) is 1.95. The van der Waals surface area contributed by atoms with E-state index in [0.717, 1.165) is 5.56 Å². The Kier molecular flexibility index (Phi) is 4.90. The zero-order chi connectivity index (χ0) is 15.2. The number of rotatable bonds is 5. The van der Waals surface area contributed by atoms with Crippen LogP contribution in [-0.2, 0) is 11.3 Å². The van der Waals surface area contributed by atoms with Crippen molar-refractivity contribution >= 4 is 5.97 Å². The molecule has 0 aliphatic carbocycles. The summed E-state index contributed by atoms with van der Waals surface area (Å²) in [7, 11) is 1.33. The quantitative estimate of drug-likeness (QED) is 0.856. The van der Waals surface area contributed by atoms with Crippen LogP contribution >= 0.6 is 0 Å². The highest BCUT2D eigenvalue weighted by Crippen LogP contribution is 2.18. The monoisotopic (exact) mass is 287 g/mol. The summed E-state index contributed by atoms with van der Waals surface area (Å²) in [5.74, 6) is 0.280. The Morgan fingerprint density at radius 1 is 1.24 bits per heavy atom. The molecule has 0 fully saturated rings. The summed E-state index contributed by atoms with van der Waals surface area (Å²) < 4.78 is 10.2. The lowest BCUT2D eigenvalue weighted by Gasteiger charge is -2.08. The standard InChI is InChI=1S/C16H17NO4/c1-11(18)12-4-7-15(8-5-12)21-10-14-6-3-13(9-17-14)16(19)20-2/h3-9,11,18H,10H2,1-2H3/t11-/m0/s1. The van der Waals surface area contributed by atoms with Crippen molar-refractivity contribution in [3.8, 4) is 5.75 Å². The molecule has 2 aromatic rings. The van der Waals surface area contributed by atoms with Gasteiger partial charge in [-0.25, -0.2) is 4.79 Å². The lowest BCUT2D eigenvalue weighted by molar-refractivity contribution is 0.0600.